The fraction of sp³-hybridized carbons (Fsp3) is 0.435. The number of carbonyl (C=O) groups is 1. The zero-order valence-corrected chi connectivity index (χ0v) is 20.5. The Morgan fingerprint density at radius 2 is 1.70 bits per heavy atom. The summed E-state index contributed by atoms with van der Waals surface area (Å²) in [5.41, 5.74) is 0.428. The lowest BCUT2D eigenvalue weighted by Crippen LogP contribution is -2.45. The first-order valence-corrected chi connectivity index (χ1v) is 12.5. The highest BCUT2D eigenvalue weighted by Gasteiger charge is 2.34. The number of methoxy groups -OCH3 is 3. The Morgan fingerprint density at radius 1 is 1.00 bits per heavy atom. The largest absolute Gasteiger partial charge is 0.497 e. The Balaban J connectivity index is 1.88. The van der Waals surface area contributed by atoms with Gasteiger partial charge in [-0.25, -0.2) is 8.42 Å². The van der Waals surface area contributed by atoms with Crippen LogP contribution < -0.4 is 19.5 Å². The molecule has 0 saturated heterocycles. The van der Waals surface area contributed by atoms with Crippen LogP contribution in [0.15, 0.2) is 41.3 Å². The van der Waals surface area contributed by atoms with Crippen molar-refractivity contribution in [2.45, 2.75) is 43.0 Å². The van der Waals surface area contributed by atoms with Crippen molar-refractivity contribution in [1.82, 2.24) is 4.31 Å². The molecule has 2 aromatic rings. The average Bonchev–Trinajstić information content (AvgIpc) is 2.83. The number of ether oxygens (including phenoxy) is 3. The highest BCUT2D eigenvalue weighted by atomic mass is 35.5. The molecule has 1 aliphatic carbocycles. The molecule has 1 saturated carbocycles. The number of hydrogen-bond donors (Lipinski definition) is 1. The first-order chi connectivity index (χ1) is 15.8. The van der Waals surface area contributed by atoms with Gasteiger partial charge in [0.2, 0.25) is 15.9 Å². The second-order valence-electron chi connectivity index (χ2n) is 7.75. The first kappa shape index (κ1) is 25.1. The fourth-order valence-electron chi connectivity index (χ4n) is 3.96. The summed E-state index contributed by atoms with van der Waals surface area (Å²) in [6, 6.07) is 9.02. The van der Waals surface area contributed by atoms with E-state index in [9.17, 15) is 13.2 Å². The lowest BCUT2D eigenvalue weighted by atomic mass is 9.95. The van der Waals surface area contributed by atoms with Crippen LogP contribution in [0.4, 0.5) is 5.69 Å². The molecule has 1 amide bonds. The second kappa shape index (κ2) is 11.1. The van der Waals surface area contributed by atoms with Gasteiger partial charge in [0, 0.05) is 12.1 Å². The maximum atomic E-state index is 13.6. The van der Waals surface area contributed by atoms with Gasteiger partial charge in [-0.15, -0.1) is 0 Å². The minimum atomic E-state index is -3.98. The molecule has 0 bridgehead atoms. The third-order valence-electron chi connectivity index (χ3n) is 5.69. The number of benzene rings is 2. The Labute approximate surface area is 199 Å². The summed E-state index contributed by atoms with van der Waals surface area (Å²) in [6.45, 7) is -0.328. The zero-order chi connectivity index (χ0) is 24.0. The lowest BCUT2D eigenvalue weighted by Gasteiger charge is -2.33. The molecule has 1 N–H and O–H groups in total. The Kier molecular flexibility index (Phi) is 8.45. The first-order valence-electron chi connectivity index (χ1n) is 10.7. The van der Waals surface area contributed by atoms with E-state index < -0.39 is 15.9 Å². The van der Waals surface area contributed by atoms with E-state index in [-0.39, 0.29) is 22.5 Å². The Hall–Kier alpha value is -2.49. The summed E-state index contributed by atoms with van der Waals surface area (Å²) in [5.74, 6) is 0.903. The van der Waals surface area contributed by atoms with Gasteiger partial charge in [-0.05, 0) is 43.2 Å². The van der Waals surface area contributed by atoms with Crippen molar-refractivity contribution in [3.63, 3.8) is 0 Å². The summed E-state index contributed by atoms with van der Waals surface area (Å²) >= 11 is 6.19. The van der Waals surface area contributed by atoms with Crippen LogP contribution in [-0.2, 0) is 14.8 Å². The number of sulfonamides is 1. The van der Waals surface area contributed by atoms with Crippen molar-refractivity contribution in [3.8, 4) is 17.2 Å². The van der Waals surface area contributed by atoms with E-state index in [2.05, 4.69) is 5.32 Å². The Morgan fingerprint density at radius 3 is 2.30 bits per heavy atom. The highest BCUT2D eigenvalue weighted by molar-refractivity contribution is 7.89. The summed E-state index contributed by atoms with van der Waals surface area (Å²) in [5, 5.41) is 2.95. The van der Waals surface area contributed by atoms with Crippen LogP contribution in [0.5, 0.6) is 17.2 Å². The molecular weight excluding hydrogens is 468 g/mol. The summed E-state index contributed by atoms with van der Waals surface area (Å²) in [6.07, 6.45) is 4.26. The summed E-state index contributed by atoms with van der Waals surface area (Å²) < 4.78 is 44.1. The second-order valence-corrected chi connectivity index (χ2v) is 10.1. The minimum Gasteiger partial charge on any atom is -0.497 e. The van der Waals surface area contributed by atoms with Crippen molar-refractivity contribution in [1.29, 1.82) is 0 Å². The summed E-state index contributed by atoms with van der Waals surface area (Å²) in [4.78, 5) is 13.0. The number of nitrogens with one attached hydrogen (secondary N) is 1. The zero-order valence-electron chi connectivity index (χ0n) is 19.0. The van der Waals surface area contributed by atoms with Crippen molar-refractivity contribution in [2.75, 3.05) is 33.2 Å². The maximum absolute atomic E-state index is 13.6. The van der Waals surface area contributed by atoms with Gasteiger partial charge in [0.1, 0.15) is 17.2 Å². The Bertz CT molecular complexity index is 1090. The van der Waals surface area contributed by atoms with Gasteiger partial charge in [0.15, 0.2) is 0 Å². The molecule has 180 valence electrons. The van der Waals surface area contributed by atoms with Gasteiger partial charge in [-0.3, -0.25) is 4.79 Å². The SMILES string of the molecule is COc1ccc(NC(=O)CN(C2CCCCC2)S(=O)(=O)c2ccc(OC)c(Cl)c2)c(OC)c1. The summed E-state index contributed by atoms with van der Waals surface area (Å²) in [7, 11) is 0.495. The van der Waals surface area contributed by atoms with Gasteiger partial charge in [-0.2, -0.15) is 4.31 Å². The molecule has 1 aliphatic rings. The van der Waals surface area contributed by atoms with Gasteiger partial charge in [0.05, 0.1) is 43.5 Å². The molecule has 0 unspecified atom stereocenters. The number of nitrogens with zero attached hydrogens (tertiary/aromatic N) is 1. The third-order valence-corrected chi connectivity index (χ3v) is 7.88. The molecule has 0 spiro atoms. The number of halogens is 1. The van der Waals surface area contributed by atoms with E-state index in [0.29, 0.717) is 35.8 Å². The smallest absolute Gasteiger partial charge is 0.243 e. The van der Waals surface area contributed by atoms with Crippen molar-refractivity contribution >= 4 is 33.2 Å². The van der Waals surface area contributed by atoms with Crippen molar-refractivity contribution < 1.29 is 27.4 Å². The van der Waals surface area contributed by atoms with Crippen molar-refractivity contribution in [3.05, 3.63) is 41.4 Å². The van der Waals surface area contributed by atoms with Gasteiger partial charge >= 0.3 is 0 Å². The van der Waals surface area contributed by atoms with E-state index in [1.807, 2.05) is 0 Å². The number of carbonyl (C=O) groups excluding carboxylic acids is 1. The van der Waals surface area contributed by atoms with Crippen LogP contribution in [0.3, 0.4) is 0 Å². The molecule has 0 radical (unpaired) electrons. The van der Waals surface area contributed by atoms with E-state index in [4.69, 9.17) is 25.8 Å². The monoisotopic (exact) mass is 496 g/mol. The molecule has 0 atom stereocenters. The molecule has 3 rings (SSSR count). The molecule has 33 heavy (non-hydrogen) atoms. The third kappa shape index (κ3) is 5.90. The quantitative estimate of drug-likeness (QED) is 0.555. The van der Waals surface area contributed by atoms with E-state index in [1.165, 1.54) is 43.8 Å². The van der Waals surface area contributed by atoms with Crippen LogP contribution in [0.2, 0.25) is 5.02 Å². The number of anilines is 1. The fourth-order valence-corrected chi connectivity index (χ4v) is 5.95. The van der Waals surface area contributed by atoms with Crippen LogP contribution >= 0.6 is 11.6 Å². The topological polar surface area (TPSA) is 94.2 Å². The van der Waals surface area contributed by atoms with Crippen LogP contribution in [0.1, 0.15) is 32.1 Å². The number of hydrogen-bond acceptors (Lipinski definition) is 6. The average molecular weight is 497 g/mol. The van der Waals surface area contributed by atoms with Gasteiger partial charge in [0.25, 0.3) is 0 Å². The minimum absolute atomic E-state index is 0.0219. The highest BCUT2D eigenvalue weighted by Crippen LogP contribution is 2.33. The normalized spacial score (nSPS) is 14.7. The molecule has 8 nitrogen and oxygen atoms in total. The van der Waals surface area contributed by atoms with Gasteiger partial charge in [-0.1, -0.05) is 30.9 Å². The van der Waals surface area contributed by atoms with Crippen LogP contribution in [0, 0.1) is 0 Å². The van der Waals surface area contributed by atoms with Crippen molar-refractivity contribution in [2.24, 2.45) is 0 Å². The number of amides is 1. The predicted octanol–water partition coefficient (Wildman–Crippen LogP) is 4.33. The molecular formula is C23H29ClN2O6S. The predicted molar refractivity (Wildman–Crippen MR) is 127 cm³/mol. The molecule has 10 heteroatoms. The maximum Gasteiger partial charge on any atom is 0.243 e. The molecule has 1 fully saturated rings. The van der Waals surface area contributed by atoms with E-state index in [0.717, 1.165) is 19.3 Å². The molecule has 0 aliphatic heterocycles. The molecule has 0 aromatic heterocycles. The van der Waals surface area contributed by atoms with Crippen LogP contribution in [-0.4, -0.2) is 52.5 Å². The van der Waals surface area contributed by atoms with E-state index >= 15 is 0 Å². The standard InChI is InChI=1S/C23H29ClN2O6S/c1-30-17-9-11-20(22(13-17)32-3)25-23(27)15-26(16-7-5-4-6-8-16)33(28,29)18-10-12-21(31-2)19(24)14-18/h9-14,16H,4-8,15H2,1-3H3,(H,25,27). The van der Waals surface area contributed by atoms with Gasteiger partial charge < -0.3 is 19.5 Å². The molecule has 0 heterocycles. The lowest BCUT2D eigenvalue weighted by molar-refractivity contribution is -0.116. The molecule has 2 aromatic carbocycles. The van der Waals surface area contributed by atoms with Crippen LogP contribution in [0.25, 0.3) is 0 Å². The number of rotatable bonds is 9. The van der Waals surface area contributed by atoms with E-state index in [1.54, 1.807) is 18.2 Å².